The van der Waals surface area contributed by atoms with Crippen molar-refractivity contribution in [3.05, 3.63) is 29.8 Å². The molecule has 0 spiro atoms. The van der Waals surface area contributed by atoms with Crippen LogP contribution >= 0.6 is 0 Å². The minimum absolute atomic E-state index is 0.184. The van der Waals surface area contributed by atoms with Crippen LogP contribution in [0.15, 0.2) is 24.3 Å². The van der Waals surface area contributed by atoms with E-state index in [1.165, 1.54) is 0 Å². The van der Waals surface area contributed by atoms with Crippen LogP contribution in [0.5, 0.6) is 0 Å². The fourth-order valence-electron chi connectivity index (χ4n) is 2.14. The second kappa shape index (κ2) is 6.76. The Morgan fingerprint density at radius 1 is 1.26 bits per heavy atom. The zero-order chi connectivity index (χ0) is 13.5. The Kier molecular flexibility index (Phi) is 4.76. The standard InChI is InChI=1S/C14H18N4O/c15-10-11-3-5-13(6-4-11)18-14(19)17-12-2-1-8-16-9-7-12/h3-6,12,16H,1-2,7-9H2,(H2,17,18,19). The lowest BCUT2D eigenvalue weighted by atomic mass is 10.1. The number of rotatable bonds is 2. The van der Waals surface area contributed by atoms with Gasteiger partial charge in [-0.05, 0) is 56.6 Å². The van der Waals surface area contributed by atoms with Gasteiger partial charge in [-0.15, -0.1) is 0 Å². The Morgan fingerprint density at radius 2 is 2.05 bits per heavy atom. The average Bonchev–Trinajstić information content (AvgIpc) is 2.68. The molecule has 1 atom stereocenters. The largest absolute Gasteiger partial charge is 0.335 e. The number of carbonyl (C=O) groups is 1. The number of amides is 2. The highest BCUT2D eigenvalue weighted by molar-refractivity contribution is 5.89. The van der Waals surface area contributed by atoms with Gasteiger partial charge in [0.25, 0.3) is 0 Å². The molecule has 1 fully saturated rings. The molecule has 1 aliphatic rings. The lowest BCUT2D eigenvalue weighted by molar-refractivity contribution is 0.247. The maximum absolute atomic E-state index is 11.8. The first-order valence-electron chi connectivity index (χ1n) is 6.56. The van der Waals surface area contributed by atoms with Gasteiger partial charge in [0, 0.05) is 11.7 Å². The molecule has 0 bridgehead atoms. The maximum atomic E-state index is 11.8. The van der Waals surface area contributed by atoms with Crippen molar-refractivity contribution in [2.24, 2.45) is 0 Å². The number of nitriles is 1. The van der Waals surface area contributed by atoms with Crippen LogP contribution in [0.1, 0.15) is 24.8 Å². The van der Waals surface area contributed by atoms with E-state index in [0.29, 0.717) is 11.3 Å². The molecular formula is C14H18N4O. The Hall–Kier alpha value is -2.06. The number of hydrogen-bond acceptors (Lipinski definition) is 3. The molecular weight excluding hydrogens is 240 g/mol. The lowest BCUT2D eigenvalue weighted by Crippen LogP contribution is -2.38. The van der Waals surface area contributed by atoms with E-state index in [4.69, 9.17) is 5.26 Å². The Morgan fingerprint density at radius 3 is 2.79 bits per heavy atom. The third kappa shape index (κ3) is 4.27. The van der Waals surface area contributed by atoms with Crippen molar-refractivity contribution in [3.63, 3.8) is 0 Å². The normalized spacial score (nSPS) is 19.0. The van der Waals surface area contributed by atoms with Crippen LogP contribution in [0.3, 0.4) is 0 Å². The lowest BCUT2D eigenvalue weighted by Gasteiger charge is -2.16. The van der Waals surface area contributed by atoms with Crippen molar-refractivity contribution < 1.29 is 4.79 Å². The average molecular weight is 258 g/mol. The molecule has 5 heteroatoms. The van der Waals surface area contributed by atoms with Gasteiger partial charge in [-0.1, -0.05) is 0 Å². The van der Waals surface area contributed by atoms with Gasteiger partial charge in [0.05, 0.1) is 11.6 Å². The van der Waals surface area contributed by atoms with E-state index in [1.807, 2.05) is 6.07 Å². The first-order valence-corrected chi connectivity index (χ1v) is 6.56. The van der Waals surface area contributed by atoms with E-state index >= 15 is 0 Å². The zero-order valence-electron chi connectivity index (χ0n) is 10.8. The highest BCUT2D eigenvalue weighted by Gasteiger charge is 2.14. The van der Waals surface area contributed by atoms with Crippen LogP contribution < -0.4 is 16.0 Å². The molecule has 3 N–H and O–H groups in total. The molecule has 1 saturated heterocycles. The molecule has 1 aromatic carbocycles. The Bertz CT molecular complexity index is 455. The van der Waals surface area contributed by atoms with Gasteiger partial charge >= 0.3 is 6.03 Å². The molecule has 5 nitrogen and oxygen atoms in total. The molecule has 100 valence electrons. The Balaban J connectivity index is 1.84. The van der Waals surface area contributed by atoms with E-state index in [9.17, 15) is 4.79 Å². The highest BCUT2D eigenvalue weighted by atomic mass is 16.2. The maximum Gasteiger partial charge on any atom is 0.319 e. The molecule has 1 aromatic rings. The minimum atomic E-state index is -0.184. The molecule has 2 amide bonds. The monoisotopic (exact) mass is 258 g/mol. The first kappa shape index (κ1) is 13.4. The van der Waals surface area contributed by atoms with Crippen LogP contribution in [0, 0.1) is 11.3 Å². The SMILES string of the molecule is N#Cc1ccc(NC(=O)NC2CCCNCC2)cc1. The van der Waals surface area contributed by atoms with Gasteiger partial charge in [-0.3, -0.25) is 0 Å². The number of carbonyl (C=O) groups excluding carboxylic acids is 1. The first-order chi connectivity index (χ1) is 9.28. The second-order valence-electron chi connectivity index (χ2n) is 4.67. The fraction of sp³-hybridized carbons (Fsp3) is 0.429. The number of nitrogens with zero attached hydrogens (tertiary/aromatic N) is 1. The van der Waals surface area contributed by atoms with Crippen molar-refractivity contribution in [2.45, 2.75) is 25.3 Å². The molecule has 0 aromatic heterocycles. The molecule has 1 heterocycles. The summed E-state index contributed by atoms with van der Waals surface area (Å²) in [6, 6.07) is 8.92. The van der Waals surface area contributed by atoms with Crippen molar-refractivity contribution in [1.82, 2.24) is 10.6 Å². The van der Waals surface area contributed by atoms with Crippen LogP contribution in [-0.4, -0.2) is 25.2 Å². The summed E-state index contributed by atoms with van der Waals surface area (Å²) in [4.78, 5) is 11.8. The summed E-state index contributed by atoms with van der Waals surface area (Å²) >= 11 is 0. The summed E-state index contributed by atoms with van der Waals surface area (Å²) in [7, 11) is 0. The summed E-state index contributed by atoms with van der Waals surface area (Å²) in [5.41, 5.74) is 1.28. The summed E-state index contributed by atoms with van der Waals surface area (Å²) in [6.07, 6.45) is 3.05. The van der Waals surface area contributed by atoms with Gasteiger partial charge in [-0.2, -0.15) is 5.26 Å². The van der Waals surface area contributed by atoms with Crippen molar-refractivity contribution in [2.75, 3.05) is 18.4 Å². The molecule has 0 saturated carbocycles. The molecule has 19 heavy (non-hydrogen) atoms. The smallest absolute Gasteiger partial charge is 0.319 e. The molecule has 2 rings (SSSR count). The number of anilines is 1. The van der Waals surface area contributed by atoms with E-state index in [2.05, 4.69) is 16.0 Å². The molecule has 0 radical (unpaired) electrons. The van der Waals surface area contributed by atoms with E-state index in [1.54, 1.807) is 24.3 Å². The summed E-state index contributed by atoms with van der Waals surface area (Å²) in [5.74, 6) is 0. The van der Waals surface area contributed by atoms with E-state index in [0.717, 1.165) is 32.4 Å². The van der Waals surface area contributed by atoms with Crippen LogP contribution in [-0.2, 0) is 0 Å². The van der Waals surface area contributed by atoms with E-state index in [-0.39, 0.29) is 12.1 Å². The zero-order valence-corrected chi connectivity index (χ0v) is 10.8. The second-order valence-corrected chi connectivity index (χ2v) is 4.67. The molecule has 0 aliphatic carbocycles. The quantitative estimate of drug-likeness (QED) is 0.757. The summed E-state index contributed by atoms with van der Waals surface area (Å²) in [5, 5.41) is 17.8. The van der Waals surface area contributed by atoms with Crippen LogP contribution in [0.25, 0.3) is 0 Å². The van der Waals surface area contributed by atoms with Crippen molar-refractivity contribution in [3.8, 4) is 6.07 Å². The topological polar surface area (TPSA) is 77.0 Å². The highest BCUT2D eigenvalue weighted by Crippen LogP contribution is 2.09. The number of hydrogen-bond donors (Lipinski definition) is 3. The van der Waals surface area contributed by atoms with Crippen LogP contribution in [0.4, 0.5) is 10.5 Å². The van der Waals surface area contributed by atoms with Crippen molar-refractivity contribution in [1.29, 1.82) is 5.26 Å². The predicted octanol–water partition coefficient (Wildman–Crippen LogP) is 1.82. The van der Waals surface area contributed by atoms with Gasteiger partial charge < -0.3 is 16.0 Å². The third-order valence-corrected chi connectivity index (χ3v) is 3.18. The minimum Gasteiger partial charge on any atom is -0.335 e. The predicted molar refractivity (Wildman–Crippen MR) is 73.8 cm³/mol. The van der Waals surface area contributed by atoms with E-state index < -0.39 is 0 Å². The fourth-order valence-corrected chi connectivity index (χ4v) is 2.14. The van der Waals surface area contributed by atoms with Gasteiger partial charge in [0.2, 0.25) is 0 Å². The van der Waals surface area contributed by atoms with Gasteiger partial charge in [0.15, 0.2) is 0 Å². The number of nitrogens with one attached hydrogen (secondary N) is 3. The molecule has 1 aliphatic heterocycles. The number of benzene rings is 1. The van der Waals surface area contributed by atoms with Gasteiger partial charge in [-0.25, -0.2) is 4.79 Å². The van der Waals surface area contributed by atoms with Crippen molar-refractivity contribution >= 4 is 11.7 Å². The summed E-state index contributed by atoms with van der Waals surface area (Å²) < 4.78 is 0. The molecule has 1 unspecified atom stereocenters. The number of urea groups is 1. The van der Waals surface area contributed by atoms with Gasteiger partial charge in [0.1, 0.15) is 0 Å². The third-order valence-electron chi connectivity index (χ3n) is 3.18. The Labute approximate surface area is 113 Å². The summed E-state index contributed by atoms with van der Waals surface area (Å²) in [6.45, 7) is 1.97. The van der Waals surface area contributed by atoms with Crippen LogP contribution in [0.2, 0.25) is 0 Å².